The van der Waals surface area contributed by atoms with Crippen LogP contribution in [0.15, 0.2) is 12.3 Å². The van der Waals surface area contributed by atoms with Gasteiger partial charge in [-0.3, -0.25) is 4.98 Å². The molecule has 114 valence electrons. The molecule has 0 atom stereocenters. The molecule has 0 spiro atoms. The third-order valence-electron chi connectivity index (χ3n) is 4.67. The van der Waals surface area contributed by atoms with E-state index in [1.165, 1.54) is 0 Å². The first-order valence-corrected chi connectivity index (χ1v) is 7.84. The lowest BCUT2D eigenvalue weighted by molar-refractivity contribution is 0.00578. The normalized spacial score (nSPS) is 23.4. The van der Waals surface area contributed by atoms with Gasteiger partial charge in [0, 0.05) is 17.4 Å². The van der Waals surface area contributed by atoms with E-state index in [-0.39, 0.29) is 11.2 Å². The van der Waals surface area contributed by atoms with E-state index in [2.05, 4.69) is 39.6 Å². The van der Waals surface area contributed by atoms with Crippen LogP contribution >= 0.6 is 0 Å². The fourth-order valence-electron chi connectivity index (χ4n) is 2.46. The first-order chi connectivity index (χ1) is 9.84. The summed E-state index contributed by atoms with van der Waals surface area (Å²) in [5, 5.41) is 0. The second-order valence-corrected chi connectivity index (χ2v) is 6.93. The average molecular weight is 289 g/mol. The van der Waals surface area contributed by atoms with Crippen molar-refractivity contribution in [3.63, 3.8) is 0 Å². The molecular formula is C16H24BNO3. The third-order valence-corrected chi connectivity index (χ3v) is 4.67. The van der Waals surface area contributed by atoms with Gasteiger partial charge in [0.05, 0.1) is 17.3 Å². The molecule has 1 aromatic rings. The number of aryl methyl sites for hydroxylation is 1. The van der Waals surface area contributed by atoms with Crippen LogP contribution in [0.4, 0.5) is 0 Å². The zero-order chi connectivity index (χ0) is 15.3. The molecule has 0 aromatic carbocycles. The first-order valence-electron chi connectivity index (χ1n) is 7.84. The Labute approximate surface area is 127 Å². The minimum absolute atomic E-state index is 0.346. The van der Waals surface area contributed by atoms with Gasteiger partial charge >= 0.3 is 7.12 Å². The molecule has 0 amide bonds. The molecule has 3 rings (SSSR count). The summed E-state index contributed by atoms with van der Waals surface area (Å²) in [7, 11) is -0.410. The van der Waals surface area contributed by atoms with Crippen molar-refractivity contribution in [2.75, 3.05) is 0 Å². The molecule has 21 heavy (non-hydrogen) atoms. The number of aromatic nitrogens is 1. The summed E-state index contributed by atoms with van der Waals surface area (Å²) in [6, 6.07) is 1.93. The fourth-order valence-corrected chi connectivity index (χ4v) is 2.46. The average Bonchev–Trinajstić information content (AvgIpc) is 3.17. The molecule has 0 radical (unpaired) electrons. The largest absolute Gasteiger partial charge is 0.500 e. The molecule has 5 heteroatoms. The van der Waals surface area contributed by atoms with Gasteiger partial charge < -0.3 is 14.0 Å². The minimum Gasteiger partial charge on any atom is -0.491 e. The highest BCUT2D eigenvalue weighted by molar-refractivity contribution is 6.63. The van der Waals surface area contributed by atoms with Gasteiger partial charge in [0.2, 0.25) is 0 Å². The number of rotatable bonds is 4. The van der Waals surface area contributed by atoms with E-state index >= 15 is 0 Å². The van der Waals surface area contributed by atoms with Crippen molar-refractivity contribution in [1.29, 1.82) is 0 Å². The number of hydrogen-bond acceptors (Lipinski definition) is 4. The van der Waals surface area contributed by atoms with Crippen molar-refractivity contribution in [2.24, 2.45) is 0 Å². The highest BCUT2D eigenvalue weighted by atomic mass is 16.7. The van der Waals surface area contributed by atoms with Gasteiger partial charge in [-0.1, -0.05) is 6.92 Å². The Bertz CT molecular complexity index is 524. The number of pyridine rings is 1. The molecule has 1 aliphatic carbocycles. The lowest BCUT2D eigenvalue weighted by Gasteiger charge is -2.32. The van der Waals surface area contributed by atoms with Gasteiger partial charge in [-0.05, 0) is 53.0 Å². The van der Waals surface area contributed by atoms with Crippen molar-refractivity contribution >= 4 is 12.6 Å². The van der Waals surface area contributed by atoms with Crippen LogP contribution < -0.4 is 10.2 Å². The van der Waals surface area contributed by atoms with Crippen molar-refractivity contribution in [3.05, 3.63) is 18.0 Å². The van der Waals surface area contributed by atoms with Gasteiger partial charge in [-0.15, -0.1) is 0 Å². The smallest absolute Gasteiger partial charge is 0.491 e. The lowest BCUT2D eigenvalue weighted by Crippen LogP contribution is -2.41. The maximum Gasteiger partial charge on any atom is 0.500 e. The predicted octanol–water partition coefficient (Wildman–Crippen LogP) is 2.48. The number of ether oxygens (including phenoxy) is 1. The minimum atomic E-state index is -0.410. The maximum absolute atomic E-state index is 6.19. The molecule has 4 nitrogen and oxygen atoms in total. The molecule has 0 bridgehead atoms. The van der Waals surface area contributed by atoms with Crippen LogP contribution in [0.3, 0.4) is 0 Å². The Kier molecular flexibility index (Phi) is 3.53. The predicted molar refractivity (Wildman–Crippen MR) is 83.0 cm³/mol. The Morgan fingerprint density at radius 1 is 1.24 bits per heavy atom. The van der Waals surface area contributed by atoms with Gasteiger partial charge in [0.1, 0.15) is 5.75 Å². The lowest BCUT2D eigenvalue weighted by atomic mass is 9.76. The molecule has 2 fully saturated rings. The zero-order valence-corrected chi connectivity index (χ0v) is 13.6. The van der Waals surface area contributed by atoms with E-state index in [0.29, 0.717) is 6.10 Å². The summed E-state index contributed by atoms with van der Waals surface area (Å²) in [6.07, 6.45) is 5.25. The quantitative estimate of drug-likeness (QED) is 0.798. The summed E-state index contributed by atoms with van der Waals surface area (Å²) >= 11 is 0. The Hall–Kier alpha value is -1.07. The molecule has 0 N–H and O–H groups in total. The number of hydrogen-bond donors (Lipinski definition) is 0. The van der Waals surface area contributed by atoms with E-state index in [1.54, 1.807) is 0 Å². The standard InChI is InChI=1S/C16H24BNO3/c1-6-12-14(13(9-10-18-12)19-11-7-8-11)17-20-15(2,3)16(4,5)21-17/h9-11H,6-8H2,1-5H3. The van der Waals surface area contributed by atoms with Crippen molar-refractivity contribution in [2.45, 2.75) is 71.2 Å². The Morgan fingerprint density at radius 2 is 1.86 bits per heavy atom. The van der Waals surface area contributed by atoms with E-state index in [1.807, 2.05) is 12.3 Å². The summed E-state index contributed by atoms with van der Waals surface area (Å²) < 4.78 is 18.4. The molecular weight excluding hydrogens is 265 g/mol. The summed E-state index contributed by atoms with van der Waals surface area (Å²) in [5.74, 6) is 0.864. The van der Waals surface area contributed by atoms with Crippen molar-refractivity contribution < 1.29 is 14.0 Å². The fraction of sp³-hybridized carbons (Fsp3) is 0.688. The van der Waals surface area contributed by atoms with Crippen LogP contribution in [-0.2, 0) is 15.7 Å². The molecule has 1 saturated carbocycles. The Balaban J connectivity index is 1.97. The molecule has 0 unspecified atom stereocenters. The van der Waals surface area contributed by atoms with Crippen LogP contribution in [0.5, 0.6) is 5.75 Å². The third kappa shape index (κ3) is 2.69. The maximum atomic E-state index is 6.19. The van der Waals surface area contributed by atoms with Gasteiger partial charge in [-0.25, -0.2) is 0 Å². The highest BCUT2D eigenvalue weighted by Crippen LogP contribution is 2.38. The first kappa shape index (κ1) is 14.9. The van der Waals surface area contributed by atoms with E-state index in [9.17, 15) is 0 Å². The highest BCUT2D eigenvalue weighted by Gasteiger charge is 2.53. The summed E-state index contributed by atoms with van der Waals surface area (Å²) in [6.45, 7) is 10.4. The topological polar surface area (TPSA) is 40.6 Å². The monoisotopic (exact) mass is 289 g/mol. The van der Waals surface area contributed by atoms with Crippen LogP contribution in [0.1, 0.15) is 53.2 Å². The van der Waals surface area contributed by atoms with Gasteiger partial charge in [0.15, 0.2) is 0 Å². The Morgan fingerprint density at radius 3 is 2.38 bits per heavy atom. The molecule has 1 aliphatic heterocycles. The van der Waals surface area contributed by atoms with E-state index < -0.39 is 7.12 Å². The SMILES string of the molecule is CCc1nccc(OC2CC2)c1B1OC(C)(C)C(C)(C)O1. The second kappa shape index (κ2) is 4.99. The van der Waals surface area contributed by atoms with Crippen LogP contribution in [0.25, 0.3) is 0 Å². The van der Waals surface area contributed by atoms with Crippen LogP contribution in [-0.4, -0.2) is 29.4 Å². The molecule has 1 aromatic heterocycles. The molecule has 2 heterocycles. The molecule has 2 aliphatic rings. The van der Waals surface area contributed by atoms with Gasteiger partial charge in [0.25, 0.3) is 0 Å². The summed E-state index contributed by atoms with van der Waals surface area (Å²) in [5.41, 5.74) is 1.25. The van der Waals surface area contributed by atoms with Gasteiger partial charge in [-0.2, -0.15) is 0 Å². The summed E-state index contributed by atoms with van der Waals surface area (Å²) in [4.78, 5) is 4.49. The van der Waals surface area contributed by atoms with E-state index in [0.717, 1.165) is 36.2 Å². The second-order valence-electron chi connectivity index (χ2n) is 6.93. The van der Waals surface area contributed by atoms with Crippen molar-refractivity contribution in [1.82, 2.24) is 4.98 Å². The zero-order valence-electron chi connectivity index (χ0n) is 13.6. The molecule has 1 saturated heterocycles. The van der Waals surface area contributed by atoms with E-state index in [4.69, 9.17) is 14.0 Å². The van der Waals surface area contributed by atoms with Crippen LogP contribution in [0, 0.1) is 0 Å². The van der Waals surface area contributed by atoms with Crippen LogP contribution in [0.2, 0.25) is 0 Å². The van der Waals surface area contributed by atoms with Crippen molar-refractivity contribution in [3.8, 4) is 5.75 Å². The number of nitrogens with zero attached hydrogens (tertiary/aromatic N) is 1.